The Balaban J connectivity index is 2.92. The second kappa shape index (κ2) is 6.18. The van der Waals surface area contributed by atoms with Crippen molar-refractivity contribution in [1.29, 1.82) is 0 Å². The van der Waals surface area contributed by atoms with Crippen molar-refractivity contribution in [1.82, 2.24) is 0 Å². The molecule has 1 N–H and O–H groups in total. The second-order valence-corrected chi connectivity index (χ2v) is 3.39. The van der Waals surface area contributed by atoms with Crippen molar-refractivity contribution in [3.05, 3.63) is 30.3 Å². The van der Waals surface area contributed by atoms with Crippen LogP contribution in [0.15, 0.2) is 24.8 Å². The zero-order chi connectivity index (χ0) is 12.0. The summed E-state index contributed by atoms with van der Waals surface area (Å²) in [6.45, 7) is 6.30. The number of allylic oxidation sites excluding steroid dienone is 1. The van der Waals surface area contributed by atoms with Crippen LogP contribution >= 0.6 is 0 Å². The van der Waals surface area contributed by atoms with Gasteiger partial charge in [-0.3, -0.25) is 0 Å². The lowest BCUT2D eigenvalue weighted by atomic mass is 10.1. The van der Waals surface area contributed by atoms with Crippen LogP contribution in [0.3, 0.4) is 0 Å². The highest BCUT2D eigenvalue weighted by Gasteiger charge is 2.06. The van der Waals surface area contributed by atoms with Crippen LogP contribution < -0.4 is 9.47 Å². The van der Waals surface area contributed by atoms with E-state index in [4.69, 9.17) is 14.6 Å². The van der Waals surface area contributed by atoms with Crippen molar-refractivity contribution in [2.75, 3.05) is 20.3 Å². The van der Waals surface area contributed by atoms with Crippen molar-refractivity contribution in [2.45, 2.75) is 13.3 Å². The number of methoxy groups -OCH3 is 1. The third-order valence-corrected chi connectivity index (χ3v) is 2.35. The summed E-state index contributed by atoms with van der Waals surface area (Å²) in [7, 11) is 1.60. The van der Waals surface area contributed by atoms with E-state index >= 15 is 0 Å². The van der Waals surface area contributed by atoms with E-state index in [9.17, 15) is 0 Å². The lowest BCUT2D eigenvalue weighted by molar-refractivity contribution is 0.196. The summed E-state index contributed by atoms with van der Waals surface area (Å²) in [4.78, 5) is 0. The fourth-order valence-corrected chi connectivity index (χ4v) is 1.37. The number of ether oxygens (including phenoxy) is 2. The van der Waals surface area contributed by atoms with Crippen molar-refractivity contribution < 1.29 is 14.6 Å². The largest absolute Gasteiger partial charge is 0.493 e. The quantitative estimate of drug-likeness (QED) is 0.803. The van der Waals surface area contributed by atoms with Crippen LogP contribution in [0.1, 0.15) is 18.9 Å². The molecule has 0 heterocycles. The lowest BCUT2D eigenvalue weighted by Gasteiger charge is -2.12. The maximum atomic E-state index is 8.69. The molecule has 1 aromatic rings. The molecule has 0 fully saturated rings. The minimum atomic E-state index is -0.00737. The van der Waals surface area contributed by atoms with Gasteiger partial charge in [-0.15, -0.1) is 0 Å². The Kier molecular flexibility index (Phi) is 4.86. The predicted molar refractivity (Wildman–Crippen MR) is 64.9 cm³/mol. The molecule has 0 saturated heterocycles. The molecular weight excluding hydrogens is 204 g/mol. The molecule has 0 aliphatic heterocycles. The van der Waals surface area contributed by atoms with Crippen LogP contribution in [0.25, 0.3) is 5.57 Å². The lowest BCUT2D eigenvalue weighted by Crippen LogP contribution is -2.03. The van der Waals surface area contributed by atoms with E-state index < -0.39 is 0 Å². The molecule has 0 saturated carbocycles. The van der Waals surface area contributed by atoms with Gasteiger partial charge in [0.05, 0.1) is 13.7 Å². The number of aliphatic hydroxyl groups excluding tert-OH is 1. The molecular formula is C13H18O3. The molecule has 1 rings (SSSR count). The fourth-order valence-electron chi connectivity index (χ4n) is 1.37. The minimum absolute atomic E-state index is 0.00737. The molecule has 0 aliphatic rings. The van der Waals surface area contributed by atoms with E-state index in [1.54, 1.807) is 7.11 Å². The van der Waals surface area contributed by atoms with Crippen LogP contribution in [0.2, 0.25) is 0 Å². The van der Waals surface area contributed by atoms with E-state index in [0.29, 0.717) is 11.5 Å². The number of hydrogen-bond acceptors (Lipinski definition) is 3. The highest BCUT2D eigenvalue weighted by Crippen LogP contribution is 2.30. The molecule has 0 spiro atoms. The highest BCUT2D eigenvalue weighted by molar-refractivity contribution is 5.66. The molecule has 0 aliphatic carbocycles. The number of hydrogen-bond donors (Lipinski definition) is 1. The summed E-state index contributed by atoms with van der Waals surface area (Å²) in [5, 5.41) is 8.69. The Bertz CT molecular complexity index is 358. The van der Waals surface area contributed by atoms with Crippen molar-refractivity contribution in [3.8, 4) is 11.5 Å². The normalized spacial score (nSPS) is 9.94. The van der Waals surface area contributed by atoms with Crippen LogP contribution in [0, 0.1) is 0 Å². The Morgan fingerprint density at radius 2 is 2.12 bits per heavy atom. The fraction of sp³-hybridized carbons (Fsp3) is 0.385. The van der Waals surface area contributed by atoms with Gasteiger partial charge in [0.15, 0.2) is 11.5 Å². The summed E-state index contributed by atoms with van der Waals surface area (Å²) in [5.41, 5.74) is 2.11. The van der Waals surface area contributed by atoms with Gasteiger partial charge < -0.3 is 14.6 Å². The molecule has 88 valence electrons. The molecule has 3 heteroatoms. The van der Waals surface area contributed by atoms with Gasteiger partial charge in [0.1, 0.15) is 6.61 Å². The van der Waals surface area contributed by atoms with Crippen LogP contribution in [-0.2, 0) is 0 Å². The Morgan fingerprint density at radius 1 is 1.38 bits per heavy atom. The van der Waals surface area contributed by atoms with Crippen LogP contribution in [0.4, 0.5) is 0 Å². The highest BCUT2D eigenvalue weighted by atomic mass is 16.5. The van der Waals surface area contributed by atoms with Crippen molar-refractivity contribution >= 4 is 5.57 Å². The third kappa shape index (κ3) is 3.00. The summed E-state index contributed by atoms with van der Waals surface area (Å²) < 4.78 is 10.6. The molecule has 0 bridgehead atoms. The monoisotopic (exact) mass is 222 g/mol. The predicted octanol–water partition coefficient (Wildman–Crippen LogP) is 2.49. The molecule has 16 heavy (non-hydrogen) atoms. The van der Waals surface area contributed by atoms with Gasteiger partial charge in [-0.1, -0.05) is 19.6 Å². The Morgan fingerprint density at radius 3 is 2.69 bits per heavy atom. The summed E-state index contributed by atoms with van der Waals surface area (Å²) in [6.07, 6.45) is 0.903. The first-order valence-electron chi connectivity index (χ1n) is 5.32. The van der Waals surface area contributed by atoms with Crippen molar-refractivity contribution in [2.24, 2.45) is 0 Å². The van der Waals surface area contributed by atoms with E-state index in [2.05, 4.69) is 13.5 Å². The zero-order valence-electron chi connectivity index (χ0n) is 9.82. The minimum Gasteiger partial charge on any atom is -0.493 e. The van der Waals surface area contributed by atoms with Gasteiger partial charge in [0, 0.05) is 0 Å². The Labute approximate surface area is 96.3 Å². The first kappa shape index (κ1) is 12.6. The SMILES string of the molecule is C=C(CC)c1ccc(OCCO)c(OC)c1. The van der Waals surface area contributed by atoms with Gasteiger partial charge in [0.2, 0.25) is 0 Å². The molecule has 0 radical (unpaired) electrons. The van der Waals surface area contributed by atoms with Crippen LogP contribution in [-0.4, -0.2) is 25.4 Å². The summed E-state index contributed by atoms with van der Waals surface area (Å²) in [6, 6.07) is 5.68. The maximum Gasteiger partial charge on any atom is 0.161 e. The maximum absolute atomic E-state index is 8.69. The molecule has 3 nitrogen and oxygen atoms in total. The van der Waals surface area contributed by atoms with E-state index in [1.165, 1.54) is 0 Å². The average Bonchev–Trinajstić information content (AvgIpc) is 2.35. The number of aliphatic hydroxyl groups is 1. The van der Waals surface area contributed by atoms with Gasteiger partial charge in [-0.2, -0.15) is 0 Å². The van der Waals surface area contributed by atoms with Crippen molar-refractivity contribution in [3.63, 3.8) is 0 Å². The molecule has 0 amide bonds. The first-order chi connectivity index (χ1) is 7.72. The Hall–Kier alpha value is -1.48. The van der Waals surface area contributed by atoms with E-state index in [0.717, 1.165) is 17.6 Å². The van der Waals surface area contributed by atoms with Gasteiger partial charge in [-0.25, -0.2) is 0 Å². The van der Waals surface area contributed by atoms with Gasteiger partial charge in [0.25, 0.3) is 0 Å². The number of rotatable bonds is 6. The molecule has 0 atom stereocenters. The topological polar surface area (TPSA) is 38.7 Å². The molecule has 1 aromatic carbocycles. The third-order valence-electron chi connectivity index (χ3n) is 2.35. The second-order valence-electron chi connectivity index (χ2n) is 3.39. The van der Waals surface area contributed by atoms with Gasteiger partial charge >= 0.3 is 0 Å². The summed E-state index contributed by atoms with van der Waals surface area (Å²) in [5.74, 6) is 1.31. The smallest absolute Gasteiger partial charge is 0.161 e. The van der Waals surface area contributed by atoms with E-state index in [1.807, 2.05) is 18.2 Å². The zero-order valence-corrected chi connectivity index (χ0v) is 9.82. The van der Waals surface area contributed by atoms with Crippen LogP contribution in [0.5, 0.6) is 11.5 Å². The standard InChI is InChI=1S/C13H18O3/c1-4-10(2)11-5-6-12(16-8-7-14)13(9-11)15-3/h5-6,9,14H,2,4,7-8H2,1,3H3. The number of benzene rings is 1. The average molecular weight is 222 g/mol. The summed E-state index contributed by atoms with van der Waals surface area (Å²) >= 11 is 0. The first-order valence-corrected chi connectivity index (χ1v) is 5.32. The molecule has 0 aromatic heterocycles. The van der Waals surface area contributed by atoms with Gasteiger partial charge in [-0.05, 0) is 29.7 Å². The van der Waals surface area contributed by atoms with E-state index in [-0.39, 0.29) is 13.2 Å². The molecule has 0 unspecified atom stereocenters.